The third-order valence-corrected chi connectivity index (χ3v) is 5.88. The van der Waals surface area contributed by atoms with Gasteiger partial charge in [0.1, 0.15) is 11.9 Å². The van der Waals surface area contributed by atoms with Crippen LogP contribution in [-0.4, -0.2) is 23.2 Å². The summed E-state index contributed by atoms with van der Waals surface area (Å²) in [6.45, 7) is 22.5. The number of halogens is 1. The van der Waals surface area contributed by atoms with Crippen molar-refractivity contribution in [2.45, 2.75) is 127 Å². The molecular formula is C32H55FN2O2. The molecule has 3 atom stereocenters. The average molecular weight is 519 g/mol. The Kier molecular flexibility index (Phi) is 21.8. The van der Waals surface area contributed by atoms with Crippen LogP contribution in [0.1, 0.15) is 120 Å². The van der Waals surface area contributed by atoms with Gasteiger partial charge < -0.3 is 15.6 Å². The predicted octanol–water partition coefficient (Wildman–Crippen LogP) is 9.22. The first-order chi connectivity index (χ1) is 17.6. The maximum Gasteiger partial charge on any atom is 0.123 e. The molecule has 0 amide bonds. The van der Waals surface area contributed by atoms with Gasteiger partial charge in [-0.1, -0.05) is 77.8 Å². The standard InChI is InChI=1S/C16H28N2.C12H15FO2.2C2H6/c1-7-9-10-11-16(13(4)12(3)8-2)14(5)18-15(6)17;1-8-2-7-11(15-8)12(14)9-3-5-10(13)6-4-9;2*1-2/h10-11H,7-9H2,1-6H3,(H2,17,18);3-6,8,11-12,14H,2,7H2,1H3;2*1-2H3/b11-10-,13-12+,16-14-;;;. The largest absolute Gasteiger partial charge is 0.387 e. The van der Waals surface area contributed by atoms with Crippen LogP contribution in [-0.2, 0) is 4.74 Å². The lowest BCUT2D eigenvalue weighted by Crippen LogP contribution is -2.18. The van der Waals surface area contributed by atoms with Crippen LogP contribution < -0.4 is 5.73 Å². The van der Waals surface area contributed by atoms with E-state index in [1.165, 1.54) is 28.9 Å². The van der Waals surface area contributed by atoms with Crippen molar-refractivity contribution < 1.29 is 14.2 Å². The highest BCUT2D eigenvalue weighted by Gasteiger charge is 2.29. The van der Waals surface area contributed by atoms with Crippen molar-refractivity contribution in [2.75, 3.05) is 0 Å². The van der Waals surface area contributed by atoms with E-state index in [1.54, 1.807) is 12.1 Å². The topological polar surface area (TPSA) is 67.8 Å². The Morgan fingerprint density at radius 3 is 2.08 bits per heavy atom. The molecule has 4 nitrogen and oxygen atoms in total. The Morgan fingerprint density at radius 2 is 1.65 bits per heavy atom. The molecule has 1 aliphatic rings. The number of unbranched alkanes of at least 4 members (excludes halogenated alkanes) is 1. The van der Waals surface area contributed by atoms with Crippen LogP contribution in [0, 0.1) is 5.82 Å². The minimum absolute atomic E-state index is 0.148. The maximum absolute atomic E-state index is 12.7. The second-order valence-corrected chi connectivity index (χ2v) is 8.76. The molecule has 3 N–H and O–H groups in total. The predicted molar refractivity (Wildman–Crippen MR) is 160 cm³/mol. The summed E-state index contributed by atoms with van der Waals surface area (Å²) in [5.41, 5.74) is 11.3. The fourth-order valence-corrected chi connectivity index (χ4v) is 3.64. The Hall–Kier alpha value is -2.24. The number of rotatable bonds is 8. The quantitative estimate of drug-likeness (QED) is 0.205. The molecule has 1 saturated heterocycles. The number of allylic oxidation sites excluding steroid dienone is 6. The van der Waals surface area contributed by atoms with Crippen molar-refractivity contribution >= 4 is 5.84 Å². The van der Waals surface area contributed by atoms with Gasteiger partial charge in [0.25, 0.3) is 0 Å². The smallest absolute Gasteiger partial charge is 0.123 e. The minimum atomic E-state index is -0.643. The highest BCUT2D eigenvalue weighted by molar-refractivity contribution is 5.78. The first-order valence-electron chi connectivity index (χ1n) is 14.0. The molecule has 1 heterocycles. The zero-order chi connectivity index (χ0) is 29.0. The number of aliphatic hydroxyl groups is 1. The third kappa shape index (κ3) is 14.9. The summed E-state index contributed by atoms with van der Waals surface area (Å²) in [4.78, 5) is 4.38. The van der Waals surface area contributed by atoms with Crippen molar-refractivity contribution in [1.82, 2.24) is 0 Å². The third-order valence-electron chi connectivity index (χ3n) is 5.88. The summed E-state index contributed by atoms with van der Waals surface area (Å²) in [6, 6.07) is 5.92. The van der Waals surface area contributed by atoms with Gasteiger partial charge in [0.2, 0.25) is 0 Å². The Morgan fingerprint density at radius 1 is 1.08 bits per heavy atom. The van der Waals surface area contributed by atoms with Crippen LogP contribution in [0.5, 0.6) is 0 Å². The molecule has 0 radical (unpaired) electrons. The number of hydrogen-bond donors (Lipinski definition) is 2. The lowest BCUT2D eigenvalue weighted by Gasteiger charge is -2.18. The van der Waals surface area contributed by atoms with Gasteiger partial charge in [0, 0.05) is 5.70 Å². The molecule has 1 aromatic carbocycles. The first-order valence-corrected chi connectivity index (χ1v) is 14.0. The molecule has 2 rings (SSSR count). The Labute approximate surface area is 227 Å². The van der Waals surface area contributed by atoms with Gasteiger partial charge in [-0.15, -0.1) is 0 Å². The minimum Gasteiger partial charge on any atom is -0.387 e. The Balaban J connectivity index is 0. The summed E-state index contributed by atoms with van der Waals surface area (Å²) in [5, 5.41) is 9.98. The molecule has 0 aliphatic carbocycles. The van der Waals surface area contributed by atoms with Gasteiger partial charge in [0.05, 0.1) is 18.0 Å². The van der Waals surface area contributed by atoms with E-state index in [1.807, 2.05) is 48.5 Å². The van der Waals surface area contributed by atoms with Gasteiger partial charge in [-0.3, -0.25) is 0 Å². The van der Waals surface area contributed by atoms with Crippen molar-refractivity contribution in [2.24, 2.45) is 10.7 Å². The van der Waals surface area contributed by atoms with E-state index < -0.39 is 6.10 Å². The van der Waals surface area contributed by atoms with Gasteiger partial charge in [-0.05, 0) is 89.1 Å². The molecule has 1 fully saturated rings. The van der Waals surface area contributed by atoms with E-state index in [4.69, 9.17) is 10.5 Å². The van der Waals surface area contributed by atoms with E-state index in [0.29, 0.717) is 5.84 Å². The molecule has 0 bridgehead atoms. The lowest BCUT2D eigenvalue weighted by atomic mass is 9.98. The molecule has 5 heteroatoms. The van der Waals surface area contributed by atoms with Crippen LogP contribution in [0.2, 0.25) is 0 Å². The molecule has 1 aliphatic heterocycles. The molecule has 0 aromatic heterocycles. The van der Waals surface area contributed by atoms with E-state index >= 15 is 0 Å². The van der Waals surface area contributed by atoms with E-state index in [0.717, 1.165) is 43.4 Å². The second-order valence-electron chi connectivity index (χ2n) is 8.76. The van der Waals surface area contributed by atoms with Gasteiger partial charge in [0.15, 0.2) is 0 Å². The number of aliphatic imine (C=N–C) groups is 1. The fraction of sp³-hybridized carbons (Fsp3) is 0.594. The highest BCUT2D eigenvalue weighted by Crippen LogP contribution is 2.30. The van der Waals surface area contributed by atoms with Gasteiger partial charge >= 0.3 is 0 Å². The monoisotopic (exact) mass is 518 g/mol. The number of benzene rings is 1. The van der Waals surface area contributed by atoms with Crippen molar-refractivity contribution in [3.05, 3.63) is 70.2 Å². The number of amidine groups is 1. The molecule has 0 spiro atoms. The second kappa shape index (κ2) is 21.8. The normalized spacial score (nSPS) is 19.3. The van der Waals surface area contributed by atoms with Crippen LogP contribution >= 0.6 is 0 Å². The zero-order valence-corrected chi connectivity index (χ0v) is 25.5. The average Bonchev–Trinajstić information content (AvgIpc) is 3.34. The molecule has 0 saturated carbocycles. The van der Waals surface area contributed by atoms with Gasteiger partial charge in [-0.25, -0.2) is 9.38 Å². The summed E-state index contributed by atoms with van der Waals surface area (Å²) >= 11 is 0. The molecule has 37 heavy (non-hydrogen) atoms. The van der Waals surface area contributed by atoms with Crippen LogP contribution in [0.4, 0.5) is 4.39 Å². The number of ether oxygens (including phenoxy) is 1. The number of nitrogens with two attached hydrogens (primary N) is 1. The lowest BCUT2D eigenvalue weighted by molar-refractivity contribution is -0.0297. The molecule has 1 aromatic rings. The van der Waals surface area contributed by atoms with Crippen LogP contribution in [0.3, 0.4) is 0 Å². The van der Waals surface area contributed by atoms with E-state index in [-0.39, 0.29) is 18.0 Å². The van der Waals surface area contributed by atoms with Crippen molar-refractivity contribution in [1.29, 1.82) is 0 Å². The highest BCUT2D eigenvalue weighted by atomic mass is 19.1. The van der Waals surface area contributed by atoms with Crippen LogP contribution in [0.25, 0.3) is 0 Å². The first kappa shape index (κ1) is 36.9. The Bertz CT molecular complexity index is 850. The zero-order valence-electron chi connectivity index (χ0n) is 25.5. The summed E-state index contributed by atoms with van der Waals surface area (Å²) in [7, 11) is 0. The van der Waals surface area contributed by atoms with Crippen LogP contribution in [0.15, 0.2) is 63.8 Å². The maximum atomic E-state index is 12.7. The van der Waals surface area contributed by atoms with E-state index in [2.05, 4.69) is 44.8 Å². The van der Waals surface area contributed by atoms with Gasteiger partial charge in [-0.2, -0.15) is 0 Å². The molecule has 212 valence electrons. The summed E-state index contributed by atoms with van der Waals surface area (Å²) < 4.78 is 18.2. The summed E-state index contributed by atoms with van der Waals surface area (Å²) in [6.07, 6.45) is 8.98. The number of aliphatic hydroxyl groups excluding tert-OH is 1. The molecule has 3 unspecified atom stereocenters. The fourth-order valence-electron chi connectivity index (χ4n) is 3.64. The van der Waals surface area contributed by atoms with Crippen molar-refractivity contribution in [3.63, 3.8) is 0 Å². The number of nitrogens with zero attached hydrogens (tertiary/aromatic N) is 1. The molecular weight excluding hydrogens is 463 g/mol. The SMILES string of the molecule is CC.CC.CC1CCC(C(O)c2ccc(F)cc2)O1.CCC\C=C/C(=C(\C)N=C(C)N)C(/C)=C(\C)CC. The number of hydrogen-bond acceptors (Lipinski definition) is 3. The van der Waals surface area contributed by atoms with Crippen molar-refractivity contribution in [3.8, 4) is 0 Å². The van der Waals surface area contributed by atoms with E-state index in [9.17, 15) is 9.50 Å². The summed E-state index contributed by atoms with van der Waals surface area (Å²) in [5.74, 6) is 0.322.